The molecule has 0 aliphatic carbocycles. The van der Waals surface area contributed by atoms with E-state index < -0.39 is 0 Å². The van der Waals surface area contributed by atoms with Gasteiger partial charge in [-0.1, -0.05) is 15.9 Å². The molecule has 0 amide bonds. The van der Waals surface area contributed by atoms with Gasteiger partial charge < -0.3 is 10.4 Å². The van der Waals surface area contributed by atoms with Gasteiger partial charge in [-0.15, -0.1) is 0 Å². The Balaban J connectivity index is 2.18. The second-order valence-electron chi connectivity index (χ2n) is 4.42. The van der Waals surface area contributed by atoms with Crippen molar-refractivity contribution < 1.29 is 9.50 Å². The Kier molecular flexibility index (Phi) is 3.62. The number of benzene rings is 1. The molecule has 1 unspecified atom stereocenters. The maximum absolute atomic E-state index is 13.2. The van der Waals surface area contributed by atoms with Crippen LogP contribution in [-0.4, -0.2) is 23.8 Å². The van der Waals surface area contributed by atoms with Crippen LogP contribution in [0.25, 0.3) is 0 Å². The van der Waals surface area contributed by atoms with Crippen LogP contribution in [0.4, 0.5) is 4.39 Å². The maximum atomic E-state index is 13.2. The first-order valence-corrected chi connectivity index (χ1v) is 6.24. The predicted molar refractivity (Wildman–Crippen MR) is 64.9 cm³/mol. The average molecular weight is 288 g/mol. The third kappa shape index (κ3) is 2.62. The molecule has 16 heavy (non-hydrogen) atoms. The first kappa shape index (κ1) is 12.0. The highest BCUT2D eigenvalue weighted by molar-refractivity contribution is 9.10. The molecule has 0 bridgehead atoms. The van der Waals surface area contributed by atoms with Crippen LogP contribution in [-0.2, 0) is 6.42 Å². The van der Waals surface area contributed by atoms with Crippen molar-refractivity contribution in [2.75, 3.05) is 13.2 Å². The molecule has 2 rings (SSSR count). The number of hydrogen-bond donors (Lipinski definition) is 2. The van der Waals surface area contributed by atoms with E-state index in [4.69, 9.17) is 0 Å². The van der Waals surface area contributed by atoms with Gasteiger partial charge in [0.2, 0.25) is 0 Å². The van der Waals surface area contributed by atoms with Crippen molar-refractivity contribution in [3.63, 3.8) is 0 Å². The molecule has 1 aliphatic rings. The number of aliphatic hydroxyl groups is 1. The molecule has 0 aromatic heterocycles. The molecular weight excluding hydrogens is 273 g/mol. The number of aliphatic hydroxyl groups excluding tert-OH is 1. The summed E-state index contributed by atoms with van der Waals surface area (Å²) in [5.74, 6) is -0.240. The fraction of sp³-hybridized carbons (Fsp3) is 0.500. The monoisotopic (exact) mass is 287 g/mol. The molecular formula is C12H15BrFNO. The van der Waals surface area contributed by atoms with E-state index in [9.17, 15) is 9.50 Å². The van der Waals surface area contributed by atoms with Crippen LogP contribution in [0, 0.1) is 5.82 Å². The lowest BCUT2D eigenvalue weighted by atomic mass is 9.90. The molecule has 1 saturated heterocycles. The van der Waals surface area contributed by atoms with Gasteiger partial charge in [-0.25, -0.2) is 4.39 Å². The first-order chi connectivity index (χ1) is 7.63. The van der Waals surface area contributed by atoms with Gasteiger partial charge in [0, 0.05) is 10.0 Å². The topological polar surface area (TPSA) is 32.3 Å². The smallest absolute Gasteiger partial charge is 0.124 e. The summed E-state index contributed by atoms with van der Waals surface area (Å²) in [4.78, 5) is 0. The summed E-state index contributed by atoms with van der Waals surface area (Å²) in [5, 5.41) is 12.8. The summed E-state index contributed by atoms with van der Waals surface area (Å²) >= 11 is 3.28. The minimum atomic E-state index is -0.257. The molecule has 0 radical (unpaired) electrons. The summed E-state index contributed by atoms with van der Waals surface area (Å²) in [5.41, 5.74) is 0.656. The second kappa shape index (κ2) is 4.82. The number of rotatable bonds is 3. The molecule has 1 atom stereocenters. The Morgan fingerprint density at radius 3 is 2.81 bits per heavy atom. The summed E-state index contributed by atoms with van der Waals surface area (Å²) in [6, 6.07) is 4.87. The zero-order valence-electron chi connectivity index (χ0n) is 8.97. The highest BCUT2D eigenvalue weighted by Crippen LogP contribution is 2.25. The van der Waals surface area contributed by atoms with Gasteiger partial charge in [0.05, 0.1) is 6.61 Å². The highest BCUT2D eigenvalue weighted by atomic mass is 79.9. The van der Waals surface area contributed by atoms with Gasteiger partial charge >= 0.3 is 0 Å². The van der Waals surface area contributed by atoms with Crippen LogP contribution < -0.4 is 5.32 Å². The molecule has 1 aromatic carbocycles. The summed E-state index contributed by atoms with van der Waals surface area (Å²) in [7, 11) is 0. The lowest BCUT2D eigenvalue weighted by molar-refractivity contribution is 0.177. The zero-order valence-corrected chi connectivity index (χ0v) is 10.6. The van der Waals surface area contributed by atoms with E-state index >= 15 is 0 Å². The molecule has 2 N–H and O–H groups in total. The van der Waals surface area contributed by atoms with Crippen molar-refractivity contribution in [1.82, 2.24) is 5.32 Å². The molecule has 1 aromatic rings. The molecule has 1 heterocycles. The Bertz CT molecular complexity index is 357. The Morgan fingerprint density at radius 2 is 2.25 bits per heavy atom. The van der Waals surface area contributed by atoms with E-state index in [0.717, 1.165) is 29.4 Å². The molecule has 2 nitrogen and oxygen atoms in total. The van der Waals surface area contributed by atoms with Gasteiger partial charge in [-0.2, -0.15) is 0 Å². The molecule has 0 saturated carbocycles. The maximum Gasteiger partial charge on any atom is 0.124 e. The van der Waals surface area contributed by atoms with Crippen molar-refractivity contribution in [1.29, 1.82) is 0 Å². The highest BCUT2D eigenvalue weighted by Gasteiger charge is 2.32. The van der Waals surface area contributed by atoms with E-state index in [0.29, 0.717) is 6.42 Å². The molecule has 4 heteroatoms. The summed E-state index contributed by atoms with van der Waals surface area (Å²) in [6.07, 6.45) is 2.68. The largest absolute Gasteiger partial charge is 0.394 e. The van der Waals surface area contributed by atoms with Gasteiger partial charge in [-0.05, 0) is 49.6 Å². The molecule has 1 aliphatic heterocycles. The third-order valence-electron chi connectivity index (χ3n) is 3.10. The van der Waals surface area contributed by atoms with E-state index in [-0.39, 0.29) is 18.0 Å². The van der Waals surface area contributed by atoms with Crippen molar-refractivity contribution in [3.8, 4) is 0 Å². The number of hydrogen-bond acceptors (Lipinski definition) is 2. The standard InChI is InChI=1S/C12H15BrFNO/c13-10-4-9(5-11(14)6-10)7-12(8-16)2-1-3-15-12/h4-6,15-16H,1-3,7-8H2. The fourth-order valence-electron chi connectivity index (χ4n) is 2.31. The minimum Gasteiger partial charge on any atom is -0.394 e. The van der Waals surface area contributed by atoms with Crippen LogP contribution >= 0.6 is 15.9 Å². The van der Waals surface area contributed by atoms with Crippen molar-refractivity contribution >= 4 is 15.9 Å². The van der Waals surface area contributed by atoms with Crippen LogP contribution in [0.2, 0.25) is 0 Å². The van der Waals surface area contributed by atoms with Crippen LogP contribution in [0.3, 0.4) is 0 Å². The van der Waals surface area contributed by atoms with Gasteiger partial charge in [0.25, 0.3) is 0 Å². The first-order valence-electron chi connectivity index (χ1n) is 5.44. The third-order valence-corrected chi connectivity index (χ3v) is 3.56. The second-order valence-corrected chi connectivity index (χ2v) is 5.34. The SMILES string of the molecule is OCC1(Cc2cc(F)cc(Br)c2)CCCN1. The van der Waals surface area contributed by atoms with Crippen LogP contribution in [0.5, 0.6) is 0 Å². The van der Waals surface area contributed by atoms with Gasteiger partial charge in [0.1, 0.15) is 5.82 Å². The zero-order chi connectivity index (χ0) is 11.6. The lowest BCUT2D eigenvalue weighted by Crippen LogP contribution is -2.45. The Morgan fingerprint density at radius 1 is 1.44 bits per heavy atom. The normalized spacial score (nSPS) is 24.9. The van der Waals surface area contributed by atoms with E-state index in [1.165, 1.54) is 12.1 Å². The molecule has 1 fully saturated rings. The Labute approximate surface area is 103 Å². The predicted octanol–water partition coefficient (Wildman–Crippen LogP) is 2.25. The van der Waals surface area contributed by atoms with Crippen molar-refractivity contribution in [2.45, 2.75) is 24.8 Å². The van der Waals surface area contributed by atoms with E-state index in [1.54, 1.807) is 0 Å². The number of nitrogens with one attached hydrogen (secondary N) is 1. The van der Waals surface area contributed by atoms with E-state index in [1.807, 2.05) is 6.07 Å². The Hall–Kier alpha value is -0.450. The van der Waals surface area contributed by atoms with Crippen LogP contribution in [0.1, 0.15) is 18.4 Å². The minimum absolute atomic E-state index is 0.0983. The fourth-order valence-corrected chi connectivity index (χ4v) is 2.83. The average Bonchev–Trinajstić information content (AvgIpc) is 2.65. The molecule has 88 valence electrons. The van der Waals surface area contributed by atoms with Gasteiger partial charge in [-0.3, -0.25) is 0 Å². The van der Waals surface area contributed by atoms with Crippen molar-refractivity contribution in [2.24, 2.45) is 0 Å². The molecule has 0 spiro atoms. The summed E-state index contributed by atoms with van der Waals surface area (Å²) < 4.78 is 14.0. The summed E-state index contributed by atoms with van der Waals surface area (Å²) in [6.45, 7) is 1.03. The van der Waals surface area contributed by atoms with Crippen LogP contribution in [0.15, 0.2) is 22.7 Å². The van der Waals surface area contributed by atoms with Gasteiger partial charge in [0.15, 0.2) is 0 Å². The van der Waals surface area contributed by atoms with Crippen molar-refractivity contribution in [3.05, 3.63) is 34.1 Å². The number of halogens is 2. The lowest BCUT2D eigenvalue weighted by Gasteiger charge is -2.27. The van der Waals surface area contributed by atoms with E-state index in [2.05, 4.69) is 21.2 Å². The quantitative estimate of drug-likeness (QED) is 0.894.